The number of thioether (sulfide) groups is 1. The number of nitrogens with one attached hydrogen (secondary N) is 1. The quantitative estimate of drug-likeness (QED) is 0.711. The molecule has 0 heterocycles. The van der Waals surface area contributed by atoms with Gasteiger partial charge in [-0.15, -0.1) is 0 Å². The third-order valence-electron chi connectivity index (χ3n) is 2.97. The summed E-state index contributed by atoms with van der Waals surface area (Å²) in [6, 6.07) is 7.54. The predicted molar refractivity (Wildman–Crippen MR) is 78.4 cm³/mol. The number of aliphatic hydroxyl groups excluding tert-OH is 1. The molecule has 18 heavy (non-hydrogen) atoms. The Balaban J connectivity index is 2.29. The van der Waals surface area contributed by atoms with Crippen molar-refractivity contribution in [3.8, 4) is 5.75 Å². The van der Waals surface area contributed by atoms with E-state index in [1.165, 1.54) is 0 Å². The molecule has 2 N–H and O–H groups in total. The first-order valence-electron chi connectivity index (χ1n) is 6.23. The highest BCUT2D eigenvalue weighted by molar-refractivity contribution is 7.99. The van der Waals surface area contributed by atoms with Crippen molar-refractivity contribution in [2.45, 2.75) is 24.7 Å². The lowest BCUT2D eigenvalue weighted by Crippen LogP contribution is -2.24. The van der Waals surface area contributed by atoms with Gasteiger partial charge >= 0.3 is 0 Å². The van der Waals surface area contributed by atoms with Crippen LogP contribution in [0.1, 0.15) is 25.0 Å². The summed E-state index contributed by atoms with van der Waals surface area (Å²) in [7, 11) is 1.64. The molecule has 2 atom stereocenters. The maximum atomic E-state index is 10.00. The maximum absolute atomic E-state index is 10.00. The first-order valence-corrected chi connectivity index (χ1v) is 7.51. The first kappa shape index (κ1) is 15.3. The summed E-state index contributed by atoms with van der Waals surface area (Å²) in [5, 5.41) is 13.9. The molecule has 0 aliphatic rings. The summed E-state index contributed by atoms with van der Waals surface area (Å²) in [5.41, 5.74) is 0.918. The van der Waals surface area contributed by atoms with E-state index in [0.717, 1.165) is 24.3 Å². The first-order chi connectivity index (χ1) is 8.67. The molecule has 0 amide bonds. The number of rotatable bonds is 8. The lowest BCUT2D eigenvalue weighted by atomic mass is 10.1. The van der Waals surface area contributed by atoms with Crippen molar-refractivity contribution in [1.29, 1.82) is 0 Å². The molecular weight excluding hydrogens is 246 g/mol. The second kappa shape index (κ2) is 8.40. The highest BCUT2D eigenvalue weighted by atomic mass is 32.2. The largest absolute Gasteiger partial charge is 0.497 e. The van der Waals surface area contributed by atoms with Crippen LogP contribution in [0, 0.1) is 0 Å². The van der Waals surface area contributed by atoms with Crippen LogP contribution in [0.3, 0.4) is 0 Å². The van der Waals surface area contributed by atoms with Crippen LogP contribution in [-0.4, -0.2) is 36.8 Å². The fourth-order valence-electron chi connectivity index (χ4n) is 1.61. The molecule has 0 fully saturated rings. The highest BCUT2D eigenvalue weighted by Gasteiger charge is 2.07. The molecule has 0 aliphatic carbocycles. The predicted octanol–water partition coefficient (Wildman–Crippen LogP) is 2.46. The fraction of sp³-hybridized carbons (Fsp3) is 0.571. The number of aliphatic hydroxyl groups is 1. The summed E-state index contributed by atoms with van der Waals surface area (Å²) in [6.07, 6.45) is 2.79. The zero-order valence-corrected chi connectivity index (χ0v) is 12.2. The van der Waals surface area contributed by atoms with Gasteiger partial charge in [-0.3, -0.25) is 0 Å². The maximum Gasteiger partial charge on any atom is 0.118 e. The molecule has 1 aromatic carbocycles. The molecule has 0 bridgehead atoms. The molecule has 0 saturated heterocycles. The van der Waals surface area contributed by atoms with Crippen molar-refractivity contribution >= 4 is 11.8 Å². The molecule has 102 valence electrons. The Labute approximate surface area is 114 Å². The van der Waals surface area contributed by atoms with Crippen molar-refractivity contribution in [2.24, 2.45) is 0 Å². The molecule has 1 aromatic rings. The fourth-order valence-corrected chi connectivity index (χ4v) is 1.96. The molecule has 1 rings (SSSR count). The van der Waals surface area contributed by atoms with E-state index in [-0.39, 0.29) is 0 Å². The Morgan fingerprint density at radius 3 is 2.56 bits per heavy atom. The van der Waals surface area contributed by atoms with Crippen LogP contribution in [0.5, 0.6) is 5.75 Å². The standard InChI is InChI=1S/C14H23NO2S/c1-11(18-3)8-9-15-10-14(16)12-4-6-13(17-2)7-5-12/h4-7,11,14-16H,8-10H2,1-3H3. The second-order valence-corrected chi connectivity index (χ2v) is 5.60. The summed E-state index contributed by atoms with van der Waals surface area (Å²) in [5.74, 6) is 0.813. The van der Waals surface area contributed by atoms with Gasteiger partial charge in [0, 0.05) is 11.8 Å². The molecule has 0 aliphatic heterocycles. The Morgan fingerprint density at radius 2 is 2.00 bits per heavy atom. The normalized spacial score (nSPS) is 14.2. The smallest absolute Gasteiger partial charge is 0.118 e. The molecule has 0 spiro atoms. The van der Waals surface area contributed by atoms with Gasteiger partial charge in [0.15, 0.2) is 0 Å². The van der Waals surface area contributed by atoms with Crippen LogP contribution < -0.4 is 10.1 Å². The van der Waals surface area contributed by atoms with E-state index >= 15 is 0 Å². The highest BCUT2D eigenvalue weighted by Crippen LogP contribution is 2.17. The van der Waals surface area contributed by atoms with Crippen LogP contribution in [0.4, 0.5) is 0 Å². The average Bonchev–Trinajstić information content (AvgIpc) is 2.43. The second-order valence-electron chi connectivity index (χ2n) is 4.33. The van der Waals surface area contributed by atoms with Crippen LogP contribution in [0.2, 0.25) is 0 Å². The van der Waals surface area contributed by atoms with Crippen LogP contribution in [-0.2, 0) is 0 Å². The van der Waals surface area contributed by atoms with E-state index in [0.29, 0.717) is 11.8 Å². The van der Waals surface area contributed by atoms with E-state index < -0.39 is 6.10 Å². The van der Waals surface area contributed by atoms with Gasteiger partial charge in [0.05, 0.1) is 13.2 Å². The Hall–Kier alpha value is -0.710. The molecule has 0 radical (unpaired) electrons. The van der Waals surface area contributed by atoms with Gasteiger partial charge in [0.1, 0.15) is 5.75 Å². The van der Waals surface area contributed by atoms with Gasteiger partial charge in [0.2, 0.25) is 0 Å². The molecule has 0 aromatic heterocycles. The van der Waals surface area contributed by atoms with Crippen LogP contribution in [0.15, 0.2) is 24.3 Å². The van der Waals surface area contributed by atoms with Gasteiger partial charge in [-0.25, -0.2) is 0 Å². The zero-order valence-electron chi connectivity index (χ0n) is 11.3. The van der Waals surface area contributed by atoms with Gasteiger partial charge in [-0.05, 0) is 36.9 Å². The SMILES string of the molecule is COc1ccc(C(O)CNCCC(C)SC)cc1. The van der Waals surface area contributed by atoms with E-state index in [1.54, 1.807) is 7.11 Å². The minimum atomic E-state index is -0.458. The molecular formula is C14H23NO2S. The number of ether oxygens (including phenoxy) is 1. The Bertz CT molecular complexity index is 329. The third kappa shape index (κ3) is 5.29. The Morgan fingerprint density at radius 1 is 1.33 bits per heavy atom. The van der Waals surface area contributed by atoms with E-state index in [1.807, 2.05) is 36.0 Å². The number of hydrogen-bond acceptors (Lipinski definition) is 4. The number of benzene rings is 1. The summed E-state index contributed by atoms with van der Waals surface area (Å²) in [6.45, 7) is 3.74. The Kier molecular flexibility index (Phi) is 7.16. The summed E-state index contributed by atoms with van der Waals surface area (Å²) in [4.78, 5) is 0. The van der Waals surface area contributed by atoms with E-state index in [2.05, 4.69) is 18.5 Å². The number of hydrogen-bond donors (Lipinski definition) is 2. The van der Waals surface area contributed by atoms with Gasteiger partial charge in [0.25, 0.3) is 0 Å². The van der Waals surface area contributed by atoms with Crippen molar-refractivity contribution in [3.63, 3.8) is 0 Å². The van der Waals surface area contributed by atoms with Crippen molar-refractivity contribution in [3.05, 3.63) is 29.8 Å². The number of methoxy groups -OCH3 is 1. The van der Waals surface area contributed by atoms with Crippen LogP contribution >= 0.6 is 11.8 Å². The minimum Gasteiger partial charge on any atom is -0.497 e. The molecule has 4 heteroatoms. The van der Waals surface area contributed by atoms with E-state index in [9.17, 15) is 5.11 Å². The van der Waals surface area contributed by atoms with Gasteiger partial charge in [-0.1, -0.05) is 19.1 Å². The monoisotopic (exact) mass is 269 g/mol. The lowest BCUT2D eigenvalue weighted by molar-refractivity contribution is 0.175. The van der Waals surface area contributed by atoms with Gasteiger partial charge < -0.3 is 15.2 Å². The zero-order chi connectivity index (χ0) is 13.4. The summed E-state index contributed by atoms with van der Waals surface area (Å²) < 4.78 is 5.09. The molecule has 3 nitrogen and oxygen atoms in total. The van der Waals surface area contributed by atoms with Gasteiger partial charge in [-0.2, -0.15) is 11.8 Å². The third-order valence-corrected chi connectivity index (χ3v) is 4.01. The minimum absolute atomic E-state index is 0.458. The van der Waals surface area contributed by atoms with Crippen molar-refractivity contribution < 1.29 is 9.84 Å². The van der Waals surface area contributed by atoms with Crippen molar-refractivity contribution in [2.75, 3.05) is 26.5 Å². The van der Waals surface area contributed by atoms with E-state index in [4.69, 9.17) is 4.74 Å². The molecule has 2 unspecified atom stereocenters. The molecule has 0 saturated carbocycles. The topological polar surface area (TPSA) is 41.5 Å². The van der Waals surface area contributed by atoms with Crippen LogP contribution in [0.25, 0.3) is 0 Å². The van der Waals surface area contributed by atoms with Crippen molar-refractivity contribution in [1.82, 2.24) is 5.32 Å². The average molecular weight is 269 g/mol. The summed E-state index contributed by atoms with van der Waals surface area (Å²) >= 11 is 1.87. The lowest BCUT2D eigenvalue weighted by Gasteiger charge is -2.14.